The second kappa shape index (κ2) is 5.41. The van der Waals surface area contributed by atoms with Crippen molar-refractivity contribution in [2.75, 3.05) is 11.4 Å². The zero-order valence-corrected chi connectivity index (χ0v) is 16.4. The second-order valence-corrected chi connectivity index (χ2v) is 9.74. The number of pyridine rings is 1. The van der Waals surface area contributed by atoms with Crippen molar-refractivity contribution in [3.05, 3.63) is 53.3 Å². The number of hydrogen-bond acceptors (Lipinski definition) is 5. The third-order valence-electron chi connectivity index (χ3n) is 5.80. The fourth-order valence-corrected chi connectivity index (χ4v) is 6.05. The van der Waals surface area contributed by atoms with E-state index in [1.165, 1.54) is 18.2 Å². The molecule has 8 heteroatoms. The van der Waals surface area contributed by atoms with Crippen LogP contribution < -0.4 is 4.90 Å². The van der Waals surface area contributed by atoms with E-state index >= 15 is 0 Å². The molecule has 144 valence electrons. The van der Waals surface area contributed by atoms with E-state index in [4.69, 9.17) is 0 Å². The predicted molar refractivity (Wildman–Crippen MR) is 102 cm³/mol. The Balaban J connectivity index is 1.56. The topological polar surface area (TPSA) is 87.7 Å². The fourth-order valence-electron chi connectivity index (χ4n) is 4.26. The summed E-state index contributed by atoms with van der Waals surface area (Å²) in [5, 5.41) is 0. The van der Waals surface area contributed by atoms with Gasteiger partial charge in [0.05, 0.1) is 16.9 Å². The molecule has 7 nitrogen and oxygen atoms in total. The van der Waals surface area contributed by atoms with Crippen LogP contribution >= 0.6 is 0 Å². The number of sulfonamides is 1. The summed E-state index contributed by atoms with van der Waals surface area (Å²) >= 11 is 0. The molecule has 0 radical (unpaired) electrons. The molecule has 2 aliphatic heterocycles. The first-order chi connectivity index (χ1) is 13.3. The van der Waals surface area contributed by atoms with Crippen LogP contribution in [-0.2, 0) is 15.4 Å². The van der Waals surface area contributed by atoms with Crippen LogP contribution in [0.5, 0.6) is 0 Å². The van der Waals surface area contributed by atoms with Crippen LogP contribution in [0.25, 0.3) is 0 Å². The Morgan fingerprint density at radius 3 is 2.64 bits per heavy atom. The van der Waals surface area contributed by atoms with E-state index in [0.717, 1.165) is 28.5 Å². The van der Waals surface area contributed by atoms with Crippen molar-refractivity contribution in [3.63, 3.8) is 0 Å². The third-order valence-corrected chi connectivity index (χ3v) is 7.80. The standard InChI is InChI=1S/C20H19N3O4S/c1-12(2)23-19(25)14-6-5-13(10-16(14)28(23,26)27)18(24)22-11-20(7-8-20)17-15(22)4-3-9-21-17/h3-6,9-10,12H,7-8,11H2,1-2H3. The van der Waals surface area contributed by atoms with Crippen molar-refractivity contribution in [2.45, 2.75) is 43.0 Å². The Labute approximate surface area is 163 Å². The largest absolute Gasteiger partial charge is 0.306 e. The molecule has 0 atom stereocenters. The van der Waals surface area contributed by atoms with E-state index in [2.05, 4.69) is 4.98 Å². The van der Waals surface area contributed by atoms with Gasteiger partial charge in [0.15, 0.2) is 0 Å². The molecule has 0 bridgehead atoms. The van der Waals surface area contributed by atoms with Gasteiger partial charge in [-0.1, -0.05) is 0 Å². The molecule has 1 aromatic heterocycles. The Morgan fingerprint density at radius 2 is 1.96 bits per heavy atom. The summed E-state index contributed by atoms with van der Waals surface area (Å²) < 4.78 is 26.5. The first-order valence-electron chi connectivity index (χ1n) is 9.26. The molecule has 1 aliphatic carbocycles. The lowest BCUT2D eigenvalue weighted by Crippen LogP contribution is -2.36. The molecule has 2 amide bonds. The first kappa shape index (κ1) is 17.4. The van der Waals surface area contributed by atoms with Crippen molar-refractivity contribution in [1.82, 2.24) is 9.29 Å². The van der Waals surface area contributed by atoms with Gasteiger partial charge in [-0.05, 0) is 57.0 Å². The summed E-state index contributed by atoms with van der Waals surface area (Å²) in [7, 11) is -3.94. The van der Waals surface area contributed by atoms with Gasteiger partial charge in [-0.2, -0.15) is 0 Å². The highest BCUT2D eigenvalue weighted by molar-refractivity contribution is 7.90. The summed E-state index contributed by atoms with van der Waals surface area (Å²) in [6.07, 6.45) is 3.73. The smallest absolute Gasteiger partial charge is 0.269 e. The molecule has 5 rings (SSSR count). The van der Waals surface area contributed by atoms with Crippen LogP contribution in [0.15, 0.2) is 41.4 Å². The van der Waals surface area contributed by atoms with Gasteiger partial charge in [-0.3, -0.25) is 14.6 Å². The normalized spacial score (nSPS) is 20.6. The maximum absolute atomic E-state index is 13.2. The first-order valence-corrected chi connectivity index (χ1v) is 10.7. The molecule has 3 aliphatic rings. The molecule has 28 heavy (non-hydrogen) atoms. The third kappa shape index (κ3) is 2.15. The number of nitrogens with zero attached hydrogens (tertiary/aromatic N) is 3. The Kier molecular flexibility index (Phi) is 3.35. The predicted octanol–water partition coefficient (Wildman–Crippen LogP) is 2.33. The molecule has 1 aromatic carbocycles. The van der Waals surface area contributed by atoms with Gasteiger partial charge >= 0.3 is 0 Å². The summed E-state index contributed by atoms with van der Waals surface area (Å²) in [5.74, 6) is -0.817. The number of amides is 2. The van der Waals surface area contributed by atoms with Crippen molar-refractivity contribution in [1.29, 1.82) is 0 Å². The average Bonchev–Trinajstić information content (AvgIpc) is 3.32. The maximum atomic E-state index is 13.2. The summed E-state index contributed by atoms with van der Waals surface area (Å²) in [6.45, 7) is 3.85. The Hall–Kier alpha value is -2.74. The van der Waals surface area contributed by atoms with Crippen LogP contribution in [0.4, 0.5) is 5.69 Å². The number of rotatable bonds is 2. The molecule has 1 fully saturated rings. The molecular weight excluding hydrogens is 378 g/mol. The number of benzene rings is 1. The number of hydrogen-bond donors (Lipinski definition) is 0. The number of carbonyl (C=O) groups excluding carboxylic acids is 2. The van der Waals surface area contributed by atoms with Gasteiger partial charge in [0.2, 0.25) is 0 Å². The van der Waals surface area contributed by atoms with Gasteiger partial charge in [-0.15, -0.1) is 0 Å². The van der Waals surface area contributed by atoms with Crippen molar-refractivity contribution in [2.24, 2.45) is 0 Å². The lowest BCUT2D eigenvalue weighted by molar-refractivity contribution is 0.0845. The van der Waals surface area contributed by atoms with E-state index in [-0.39, 0.29) is 27.3 Å². The molecule has 1 spiro atoms. The van der Waals surface area contributed by atoms with Crippen molar-refractivity contribution >= 4 is 27.5 Å². The van der Waals surface area contributed by atoms with Gasteiger partial charge in [-0.25, -0.2) is 12.7 Å². The molecule has 2 aromatic rings. The molecule has 0 N–H and O–H groups in total. The minimum atomic E-state index is -3.94. The van der Waals surface area contributed by atoms with Gasteiger partial charge in [0.25, 0.3) is 21.8 Å². The molecule has 1 saturated carbocycles. The Morgan fingerprint density at radius 1 is 1.21 bits per heavy atom. The van der Waals surface area contributed by atoms with Crippen LogP contribution in [0.2, 0.25) is 0 Å². The number of carbonyl (C=O) groups is 2. The van der Waals surface area contributed by atoms with E-state index in [1.807, 2.05) is 6.07 Å². The van der Waals surface area contributed by atoms with Crippen LogP contribution in [0.1, 0.15) is 53.1 Å². The highest BCUT2D eigenvalue weighted by atomic mass is 32.2. The molecular formula is C20H19N3O4S. The van der Waals surface area contributed by atoms with Crippen molar-refractivity contribution < 1.29 is 18.0 Å². The lowest BCUT2D eigenvalue weighted by atomic mass is 10.1. The summed E-state index contributed by atoms with van der Waals surface area (Å²) in [4.78, 5) is 31.8. The monoisotopic (exact) mass is 397 g/mol. The van der Waals surface area contributed by atoms with Gasteiger partial charge in [0, 0.05) is 29.8 Å². The number of fused-ring (bicyclic) bond motifs is 3. The van der Waals surface area contributed by atoms with Crippen molar-refractivity contribution in [3.8, 4) is 0 Å². The SMILES string of the molecule is CC(C)N1C(=O)c2ccc(C(=O)N3CC4(CC4)c4ncccc43)cc2S1(=O)=O. The van der Waals surface area contributed by atoms with Crippen LogP contribution in [0, 0.1) is 0 Å². The fraction of sp³-hybridized carbons (Fsp3) is 0.350. The minimum absolute atomic E-state index is 0.0561. The lowest BCUT2D eigenvalue weighted by Gasteiger charge is -2.19. The number of aromatic nitrogens is 1. The highest BCUT2D eigenvalue weighted by Gasteiger charge is 2.54. The van der Waals surface area contributed by atoms with Gasteiger partial charge in [0.1, 0.15) is 4.90 Å². The quantitative estimate of drug-likeness (QED) is 0.776. The van der Waals surface area contributed by atoms with E-state index in [0.29, 0.717) is 6.54 Å². The Bertz CT molecular complexity index is 1150. The second-order valence-electron chi connectivity index (χ2n) is 7.95. The summed E-state index contributed by atoms with van der Waals surface area (Å²) in [5.41, 5.74) is 2.05. The molecule has 0 saturated heterocycles. The molecule has 3 heterocycles. The number of anilines is 1. The minimum Gasteiger partial charge on any atom is -0.306 e. The molecule has 0 unspecified atom stereocenters. The zero-order valence-electron chi connectivity index (χ0n) is 15.5. The maximum Gasteiger partial charge on any atom is 0.269 e. The van der Waals surface area contributed by atoms with Crippen LogP contribution in [-0.4, -0.2) is 42.1 Å². The average molecular weight is 397 g/mol. The van der Waals surface area contributed by atoms with Gasteiger partial charge < -0.3 is 4.90 Å². The van der Waals surface area contributed by atoms with E-state index in [1.54, 1.807) is 31.0 Å². The highest BCUT2D eigenvalue weighted by Crippen LogP contribution is 2.55. The summed E-state index contributed by atoms with van der Waals surface area (Å²) in [6, 6.07) is 7.50. The van der Waals surface area contributed by atoms with Crippen LogP contribution in [0.3, 0.4) is 0 Å². The van der Waals surface area contributed by atoms with E-state index < -0.39 is 22.0 Å². The zero-order chi connectivity index (χ0) is 19.8. The van der Waals surface area contributed by atoms with E-state index in [9.17, 15) is 18.0 Å².